The van der Waals surface area contributed by atoms with Gasteiger partial charge in [0.05, 0.1) is 11.9 Å². The van der Waals surface area contributed by atoms with Crippen molar-refractivity contribution in [1.82, 2.24) is 9.88 Å². The molecule has 1 aliphatic carbocycles. The minimum Gasteiger partial charge on any atom is -0.323 e. The maximum absolute atomic E-state index is 12.9. The Kier molecular flexibility index (Phi) is 4.63. The average Bonchev–Trinajstić information content (AvgIpc) is 3.21. The highest BCUT2D eigenvalue weighted by Gasteiger charge is 2.29. The fourth-order valence-corrected chi connectivity index (χ4v) is 3.17. The van der Waals surface area contributed by atoms with E-state index >= 15 is 0 Å². The van der Waals surface area contributed by atoms with Crippen molar-refractivity contribution in [2.45, 2.75) is 37.9 Å². The van der Waals surface area contributed by atoms with E-state index in [-0.39, 0.29) is 11.9 Å². The second-order valence-electron chi connectivity index (χ2n) is 5.63. The molecule has 0 saturated heterocycles. The van der Waals surface area contributed by atoms with E-state index < -0.39 is 0 Å². The van der Waals surface area contributed by atoms with Gasteiger partial charge in [0.1, 0.15) is 5.82 Å². The molecule has 2 aromatic heterocycles. The SMILES string of the molecule is NC(CCN(Cc1ccsc1)C1CC1)c1ccc(F)cn1. The molecule has 5 heteroatoms. The second-order valence-corrected chi connectivity index (χ2v) is 6.41. The lowest BCUT2D eigenvalue weighted by Gasteiger charge is -2.23. The van der Waals surface area contributed by atoms with Crippen molar-refractivity contribution in [3.05, 3.63) is 52.2 Å². The van der Waals surface area contributed by atoms with Crippen LogP contribution in [-0.4, -0.2) is 22.5 Å². The van der Waals surface area contributed by atoms with Gasteiger partial charge in [-0.25, -0.2) is 4.39 Å². The largest absolute Gasteiger partial charge is 0.323 e. The third-order valence-electron chi connectivity index (χ3n) is 3.89. The summed E-state index contributed by atoms with van der Waals surface area (Å²) in [5, 5.41) is 4.32. The molecule has 3 nitrogen and oxygen atoms in total. The summed E-state index contributed by atoms with van der Waals surface area (Å²) in [5.74, 6) is -0.317. The van der Waals surface area contributed by atoms with E-state index in [1.807, 2.05) is 0 Å². The quantitative estimate of drug-likeness (QED) is 0.853. The summed E-state index contributed by atoms with van der Waals surface area (Å²) in [7, 11) is 0. The van der Waals surface area contributed by atoms with Crippen LogP contribution in [-0.2, 0) is 6.54 Å². The van der Waals surface area contributed by atoms with E-state index in [1.54, 1.807) is 17.4 Å². The molecule has 0 radical (unpaired) electrons. The summed E-state index contributed by atoms with van der Waals surface area (Å²) in [6, 6.07) is 5.86. The zero-order chi connectivity index (χ0) is 14.7. The molecule has 2 N–H and O–H groups in total. The smallest absolute Gasteiger partial charge is 0.141 e. The molecule has 3 rings (SSSR count). The summed E-state index contributed by atoms with van der Waals surface area (Å²) >= 11 is 1.74. The van der Waals surface area contributed by atoms with Crippen molar-refractivity contribution in [3.63, 3.8) is 0 Å². The van der Waals surface area contributed by atoms with E-state index in [2.05, 4.69) is 26.7 Å². The molecule has 2 aromatic rings. The molecule has 2 heterocycles. The summed E-state index contributed by atoms with van der Waals surface area (Å²) in [6.45, 7) is 1.96. The summed E-state index contributed by atoms with van der Waals surface area (Å²) < 4.78 is 12.9. The molecule has 0 bridgehead atoms. The van der Waals surface area contributed by atoms with Crippen LogP contribution in [0, 0.1) is 5.82 Å². The highest BCUT2D eigenvalue weighted by molar-refractivity contribution is 7.07. The van der Waals surface area contributed by atoms with E-state index in [4.69, 9.17) is 5.73 Å². The van der Waals surface area contributed by atoms with Gasteiger partial charge in [0.2, 0.25) is 0 Å². The second kappa shape index (κ2) is 6.64. The number of pyridine rings is 1. The van der Waals surface area contributed by atoms with Crippen molar-refractivity contribution in [2.75, 3.05) is 6.54 Å². The molecular weight excluding hydrogens is 285 g/mol. The van der Waals surface area contributed by atoms with Crippen molar-refractivity contribution in [1.29, 1.82) is 0 Å². The molecule has 1 aliphatic rings. The first-order chi connectivity index (χ1) is 10.2. The van der Waals surface area contributed by atoms with Crippen LogP contribution in [0.3, 0.4) is 0 Å². The maximum Gasteiger partial charge on any atom is 0.141 e. The summed E-state index contributed by atoms with van der Waals surface area (Å²) in [5.41, 5.74) is 8.32. The van der Waals surface area contributed by atoms with Gasteiger partial charge in [-0.05, 0) is 53.8 Å². The minimum absolute atomic E-state index is 0.130. The van der Waals surface area contributed by atoms with Crippen molar-refractivity contribution >= 4 is 11.3 Å². The van der Waals surface area contributed by atoms with Crippen LogP contribution in [0.2, 0.25) is 0 Å². The Bertz CT molecular complexity index is 551. The first kappa shape index (κ1) is 14.6. The topological polar surface area (TPSA) is 42.1 Å². The molecular formula is C16H20FN3S. The predicted octanol–water partition coefficient (Wildman–Crippen LogP) is 3.34. The van der Waals surface area contributed by atoms with Gasteiger partial charge < -0.3 is 5.73 Å². The van der Waals surface area contributed by atoms with Gasteiger partial charge >= 0.3 is 0 Å². The molecule has 21 heavy (non-hydrogen) atoms. The number of hydrogen-bond donors (Lipinski definition) is 1. The van der Waals surface area contributed by atoms with Gasteiger partial charge in [0, 0.05) is 25.2 Å². The van der Waals surface area contributed by atoms with Gasteiger partial charge in [-0.3, -0.25) is 9.88 Å². The normalized spacial score (nSPS) is 16.3. The Balaban J connectivity index is 1.55. The Morgan fingerprint density at radius 1 is 1.38 bits per heavy atom. The number of nitrogens with two attached hydrogens (primary N) is 1. The molecule has 0 amide bonds. The molecule has 0 aliphatic heterocycles. The minimum atomic E-state index is -0.317. The van der Waals surface area contributed by atoms with Crippen LogP contribution in [0.4, 0.5) is 4.39 Å². The van der Waals surface area contributed by atoms with Gasteiger partial charge in [-0.2, -0.15) is 11.3 Å². The standard InChI is InChI=1S/C16H20FN3S/c17-13-1-4-16(19-9-13)15(18)5-7-20(14-2-3-14)10-12-6-8-21-11-12/h1,4,6,8-9,11,14-15H,2-3,5,7,10,18H2. The third kappa shape index (κ3) is 4.09. The monoisotopic (exact) mass is 305 g/mol. The first-order valence-corrected chi connectivity index (χ1v) is 8.29. The van der Waals surface area contributed by atoms with Crippen LogP contribution in [0.15, 0.2) is 35.2 Å². The van der Waals surface area contributed by atoms with Crippen LogP contribution in [0.1, 0.15) is 36.6 Å². The highest BCUT2D eigenvalue weighted by Crippen LogP contribution is 2.29. The molecule has 1 fully saturated rings. The maximum atomic E-state index is 12.9. The van der Waals surface area contributed by atoms with E-state index in [0.29, 0.717) is 6.04 Å². The lowest BCUT2D eigenvalue weighted by molar-refractivity contribution is 0.244. The third-order valence-corrected chi connectivity index (χ3v) is 4.62. The number of halogens is 1. The van der Waals surface area contributed by atoms with Crippen molar-refractivity contribution in [3.8, 4) is 0 Å². The Labute approximate surface area is 128 Å². The predicted molar refractivity (Wildman–Crippen MR) is 83.5 cm³/mol. The molecule has 0 aromatic carbocycles. The molecule has 1 saturated carbocycles. The van der Waals surface area contributed by atoms with Crippen LogP contribution >= 0.6 is 11.3 Å². The van der Waals surface area contributed by atoms with Gasteiger partial charge in [0.25, 0.3) is 0 Å². The van der Waals surface area contributed by atoms with Crippen molar-refractivity contribution in [2.24, 2.45) is 5.73 Å². The summed E-state index contributed by atoms with van der Waals surface area (Å²) in [6.07, 6.45) is 4.65. The Morgan fingerprint density at radius 2 is 2.24 bits per heavy atom. The molecule has 1 atom stereocenters. The number of hydrogen-bond acceptors (Lipinski definition) is 4. The number of thiophene rings is 1. The van der Waals surface area contributed by atoms with Crippen LogP contribution < -0.4 is 5.73 Å². The average molecular weight is 305 g/mol. The number of nitrogens with zero attached hydrogens (tertiary/aromatic N) is 2. The molecule has 1 unspecified atom stereocenters. The van der Waals surface area contributed by atoms with E-state index in [0.717, 1.165) is 25.2 Å². The van der Waals surface area contributed by atoms with Gasteiger partial charge in [0.15, 0.2) is 0 Å². The lowest BCUT2D eigenvalue weighted by Crippen LogP contribution is -2.29. The molecule has 112 valence electrons. The van der Waals surface area contributed by atoms with E-state index in [1.165, 1.54) is 30.7 Å². The van der Waals surface area contributed by atoms with Gasteiger partial charge in [-0.1, -0.05) is 0 Å². The highest BCUT2D eigenvalue weighted by atomic mass is 32.1. The zero-order valence-electron chi connectivity index (χ0n) is 11.9. The fourth-order valence-electron chi connectivity index (χ4n) is 2.51. The first-order valence-electron chi connectivity index (χ1n) is 7.34. The van der Waals surface area contributed by atoms with Crippen molar-refractivity contribution < 1.29 is 4.39 Å². The number of aromatic nitrogens is 1. The lowest BCUT2D eigenvalue weighted by atomic mass is 10.1. The molecule has 0 spiro atoms. The van der Waals surface area contributed by atoms with Crippen LogP contribution in [0.25, 0.3) is 0 Å². The summed E-state index contributed by atoms with van der Waals surface area (Å²) in [4.78, 5) is 6.58. The fraction of sp³-hybridized carbons (Fsp3) is 0.438. The Hall–Kier alpha value is -1.30. The zero-order valence-corrected chi connectivity index (χ0v) is 12.7. The van der Waals surface area contributed by atoms with Gasteiger partial charge in [-0.15, -0.1) is 0 Å². The number of rotatable bonds is 7. The van der Waals surface area contributed by atoms with Crippen LogP contribution in [0.5, 0.6) is 0 Å². The van der Waals surface area contributed by atoms with E-state index in [9.17, 15) is 4.39 Å². The Morgan fingerprint density at radius 3 is 2.86 bits per heavy atom.